The number of carbonyl (C=O) groups is 1. The maximum absolute atomic E-state index is 13.3. The number of rotatable bonds is 5. The van der Waals surface area contributed by atoms with Gasteiger partial charge in [-0.1, -0.05) is 18.2 Å². The van der Waals surface area contributed by atoms with Gasteiger partial charge >= 0.3 is 5.97 Å². The van der Waals surface area contributed by atoms with E-state index >= 15 is 0 Å². The molecule has 1 aromatic heterocycles. The summed E-state index contributed by atoms with van der Waals surface area (Å²) in [7, 11) is -2.80. The highest BCUT2D eigenvalue weighted by Crippen LogP contribution is 2.30. The molecule has 0 saturated carbocycles. The van der Waals surface area contributed by atoms with Crippen molar-refractivity contribution in [2.24, 2.45) is 0 Å². The zero-order valence-corrected chi connectivity index (χ0v) is 16.7. The second-order valence-electron chi connectivity index (χ2n) is 6.75. The van der Waals surface area contributed by atoms with Gasteiger partial charge < -0.3 is 14.2 Å². The van der Waals surface area contributed by atoms with Crippen molar-refractivity contribution >= 4 is 26.9 Å². The number of aromatic nitrogens is 1. The van der Waals surface area contributed by atoms with Crippen LogP contribution in [-0.4, -0.2) is 44.8 Å². The number of carbonyl (C=O) groups excluding carboxylic acids is 1. The summed E-state index contributed by atoms with van der Waals surface area (Å²) < 4.78 is 43.9. The Hall–Kier alpha value is -2.84. The molecule has 2 heterocycles. The molecule has 0 radical (unpaired) electrons. The lowest BCUT2D eigenvalue weighted by atomic mass is 10.1. The third kappa shape index (κ3) is 3.73. The Labute approximate surface area is 168 Å². The van der Waals surface area contributed by atoms with Crippen molar-refractivity contribution in [3.63, 3.8) is 0 Å². The molecule has 0 unspecified atom stereocenters. The Balaban J connectivity index is 1.85. The largest absolute Gasteiger partial charge is 0.490 e. The van der Waals surface area contributed by atoms with Gasteiger partial charge in [0.1, 0.15) is 17.5 Å². The minimum atomic E-state index is -4.02. The second kappa shape index (κ2) is 7.88. The first-order valence-electron chi connectivity index (χ1n) is 9.29. The predicted octanol–water partition coefficient (Wildman–Crippen LogP) is 3.22. The number of nitrogens with zero attached hydrogens (tertiary/aromatic N) is 1. The maximum Gasteiger partial charge on any atom is 0.355 e. The minimum absolute atomic E-state index is 0.00965. The smallest absolute Gasteiger partial charge is 0.355 e. The molecule has 1 aliphatic rings. The van der Waals surface area contributed by atoms with Crippen LogP contribution in [0.4, 0.5) is 0 Å². The van der Waals surface area contributed by atoms with Gasteiger partial charge in [-0.05, 0) is 30.3 Å². The quantitative estimate of drug-likeness (QED) is 0.595. The molecule has 0 spiro atoms. The van der Waals surface area contributed by atoms with Gasteiger partial charge in [0.2, 0.25) is 0 Å². The predicted molar refractivity (Wildman–Crippen MR) is 107 cm³/mol. The third-order valence-corrected chi connectivity index (χ3v) is 6.62. The summed E-state index contributed by atoms with van der Waals surface area (Å²) in [5.41, 5.74) is 0.299. The van der Waals surface area contributed by atoms with Gasteiger partial charge in [0, 0.05) is 24.3 Å². The molecular formula is C21H21NO6S. The molecule has 0 bridgehead atoms. The number of hydrogen-bond acceptors (Lipinski definition) is 6. The normalized spacial score (nSPS) is 15.3. The van der Waals surface area contributed by atoms with E-state index in [2.05, 4.69) is 0 Å². The fraction of sp³-hybridized carbons (Fsp3) is 0.286. The third-order valence-electron chi connectivity index (χ3n) is 4.88. The van der Waals surface area contributed by atoms with Crippen molar-refractivity contribution in [2.45, 2.75) is 23.8 Å². The first-order valence-corrected chi connectivity index (χ1v) is 10.7. The maximum atomic E-state index is 13.3. The molecule has 0 aliphatic carbocycles. The molecule has 29 heavy (non-hydrogen) atoms. The zero-order valence-electron chi connectivity index (χ0n) is 15.9. The second-order valence-corrected chi connectivity index (χ2v) is 8.54. The molecule has 0 atom stereocenters. The van der Waals surface area contributed by atoms with E-state index in [1.165, 1.54) is 25.3 Å². The highest BCUT2D eigenvalue weighted by molar-refractivity contribution is 7.90. The Morgan fingerprint density at radius 1 is 1.07 bits per heavy atom. The molecule has 152 valence electrons. The Morgan fingerprint density at radius 3 is 2.48 bits per heavy atom. The van der Waals surface area contributed by atoms with Crippen LogP contribution >= 0.6 is 0 Å². The number of methoxy groups -OCH3 is 1. The van der Waals surface area contributed by atoms with E-state index in [0.29, 0.717) is 29.9 Å². The molecule has 0 N–H and O–H groups in total. The molecule has 8 heteroatoms. The van der Waals surface area contributed by atoms with E-state index < -0.39 is 16.0 Å². The number of fused-ring (bicyclic) bond motifs is 1. The summed E-state index contributed by atoms with van der Waals surface area (Å²) in [6, 6.07) is 14.7. The van der Waals surface area contributed by atoms with Crippen molar-refractivity contribution in [3.05, 3.63) is 60.3 Å². The van der Waals surface area contributed by atoms with E-state index in [9.17, 15) is 13.2 Å². The Morgan fingerprint density at radius 2 is 1.79 bits per heavy atom. The lowest BCUT2D eigenvalue weighted by molar-refractivity contribution is 0.0256. The SMILES string of the molecule is COC(=O)c1cc2ccc(OC3CCOCC3)cc2n1S(=O)(=O)c1ccccc1. The van der Waals surface area contributed by atoms with Crippen molar-refractivity contribution < 1.29 is 27.4 Å². The standard InChI is InChI=1S/C21H21NO6S/c1-26-21(23)20-13-15-7-8-17(28-16-9-11-27-12-10-16)14-19(15)22(20)29(24,25)18-5-3-2-4-6-18/h2-8,13-14,16H,9-12H2,1H3. The van der Waals surface area contributed by atoms with Crippen LogP contribution in [0.2, 0.25) is 0 Å². The summed E-state index contributed by atoms with van der Waals surface area (Å²) in [6.45, 7) is 1.27. The number of hydrogen-bond donors (Lipinski definition) is 0. The summed E-state index contributed by atoms with van der Waals surface area (Å²) >= 11 is 0. The van der Waals surface area contributed by atoms with Crippen LogP contribution in [0.15, 0.2) is 59.5 Å². The molecule has 2 aromatic carbocycles. The lowest BCUT2D eigenvalue weighted by Gasteiger charge is -2.23. The van der Waals surface area contributed by atoms with Crippen molar-refractivity contribution in [1.82, 2.24) is 3.97 Å². The monoisotopic (exact) mass is 415 g/mol. The van der Waals surface area contributed by atoms with Gasteiger partial charge in [-0.15, -0.1) is 0 Å². The van der Waals surface area contributed by atoms with Crippen LogP contribution in [0.3, 0.4) is 0 Å². The highest BCUT2D eigenvalue weighted by atomic mass is 32.2. The van der Waals surface area contributed by atoms with E-state index in [-0.39, 0.29) is 16.7 Å². The fourth-order valence-electron chi connectivity index (χ4n) is 3.42. The first kappa shape index (κ1) is 19.5. The van der Waals surface area contributed by atoms with Gasteiger partial charge in [-0.2, -0.15) is 0 Å². The van der Waals surface area contributed by atoms with Crippen LogP contribution in [0, 0.1) is 0 Å². The molecule has 4 rings (SSSR count). The summed E-state index contributed by atoms with van der Waals surface area (Å²) in [4.78, 5) is 12.4. The molecule has 3 aromatic rings. The molecular weight excluding hydrogens is 394 g/mol. The van der Waals surface area contributed by atoms with E-state index in [1.54, 1.807) is 36.4 Å². The van der Waals surface area contributed by atoms with Crippen LogP contribution in [-0.2, 0) is 19.5 Å². The van der Waals surface area contributed by atoms with Gasteiger partial charge in [-0.25, -0.2) is 17.2 Å². The average molecular weight is 415 g/mol. The summed E-state index contributed by atoms with van der Waals surface area (Å²) in [5.74, 6) is -0.184. The highest BCUT2D eigenvalue weighted by Gasteiger charge is 2.27. The number of esters is 1. The molecule has 1 aliphatic heterocycles. The Kier molecular flexibility index (Phi) is 5.29. The number of ether oxygens (including phenoxy) is 3. The number of benzene rings is 2. The van der Waals surface area contributed by atoms with Crippen molar-refractivity contribution in [2.75, 3.05) is 20.3 Å². The topological polar surface area (TPSA) is 83.8 Å². The average Bonchev–Trinajstić information content (AvgIpc) is 3.14. The fourth-order valence-corrected chi connectivity index (χ4v) is 4.94. The first-order chi connectivity index (χ1) is 14.0. The van der Waals surface area contributed by atoms with Gasteiger partial charge in [0.15, 0.2) is 0 Å². The Bertz CT molecular complexity index is 1130. The van der Waals surface area contributed by atoms with Crippen LogP contribution in [0.5, 0.6) is 5.75 Å². The van der Waals surface area contributed by atoms with Gasteiger partial charge in [0.05, 0.1) is 30.7 Å². The van der Waals surface area contributed by atoms with E-state index in [0.717, 1.165) is 16.8 Å². The van der Waals surface area contributed by atoms with Crippen LogP contribution < -0.4 is 4.74 Å². The van der Waals surface area contributed by atoms with Gasteiger partial charge in [-0.3, -0.25) is 0 Å². The van der Waals surface area contributed by atoms with E-state index in [1.807, 2.05) is 0 Å². The molecule has 1 fully saturated rings. The minimum Gasteiger partial charge on any atom is -0.490 e. The summed E-state index contributed by atoms with van der Waals surface area (Å²) in [5, 5.41) is 0.601. The van der Waals surface area contributed by atoms with Crippen LogP contribution in [0.25, 0.3) is 10.9 Å². The summed E-state index contributed by atoms with van der Waals surface area (Å²) in [6.07, 6.45) is 1.55. The van der Waals surface area contributed by atoms with E-state index in [4.69, 9.17) is 14.2 Å². The van der Waals surface area contributed by atoms with Crippen LogP contribution in [0.1, 0.15) is 23.3 Å². The molecule has 0 amide bonds. The van der Waals surface area contributed by atoms with Gasteiger partial charge in [0.25, 0.3) is 10.0 Å². The van der Waals surface area contributed by atoms with Crippen molar-refractivity contribution in [1.29, 1.82) is 0 Å². The molecule has 7 nitrogen and oxygen atoms in total. The zero-order chi connectivity index (χ0) is 20.4. The molecule has 1 saturated heterocycles. The lowest BCUT2D eigenvalue weighted by Crippen LogP contribution is -2.25. The van der Waals surface area contributed by atoms with Crippen molar-refractivity contribution in [3.8, 4) is 5.75 Å².